The lowest BCUT2D eigenvalue weighted by Crippen LogP contribution is -2.42. The highest BCUT2D eigenvalue weighted by Gasteiger charge is 2.20. The van der Waals surface area contributed by atoms with E-state index < -0.39 is 12.0 Å². The van der Waals surface area contributed by atoms with Crippen molar-refractivity contribution in [1.82, 2.24) is 5.32 Å². The van der Waals surface area contributed by atoms with Gasteiger partial charge in [-0.3, -0.25) is 4.79 Å². The van der Waals surface area contributed by atoms with Crippen molar-refractivity contribution >= 4 is 11.9 Å². The van der Waals surface area contributed by atoms with Crippen molar-refractivity contribution in [3.63, 3.8) is 0 Å². The molecule has 0 unspecified atom stereocenters. The van der Waals surface area contributed by atoms with Crippen LogP contribution in [0.4, 0.5) is 0 Å². The Morgan fingerprint density at radius 1 is 1.33 bits per heavy atom. The van der Waals surface area contributed by atoms with E-state index in [1.165, 1.54) is 13.2 Å². The Balaban J connectivity index is 2.73. The van der Waals surface area contributed by atoms with Crippen LogP contribution < -0.4 is 5.32 Å². The summed E-state index contributed by atoms with van der Waals surface area (Å²) in [5, 5.41) is 2.62. The molecule has 96 valence electrons. The molecule has 1 atom stereocenters. The van der Waals surface area contributed by atoms with Gasteiger partial charge in [-0.25, -0.2) is 4.79 Å². The smallest absolute Gasteiger partial charge is 0.328 e. The molecule has 0 fully saturated rings. The van der Waals surface area contributed by atoms with Gasteiger partial charge in [0.25, 0.3) is 0 Å². The van der Waals surface area contributed by atoms with Crippen LogP contribution in [0, 0.1) is 0 Å². The number of esters is 1. The third-order valence-electron chi connectivity index (χ3n) is 2.40. The summed E-state index contributed by atoms with van der Waals surface area (Å²) in [6.45, 7) is 1.74. The number of carbonyl (C=O) groups excluding carboxylic acids is 2. The molecule has 1 aromatic carbocycles. The molecule has 0 bridgehead atoms. The SMILES string of the molecule is C/C=C\C(=O)N[C@@H](Cc1ccccc1)C(=O)OC. The summed E-state index contributed by atoms with van der Waals surface area (Å²) in [7, 11) is 1.31. The molecule has 1 amide bonds. The van der Waals surface area contributed by atoms with Crippen molar-refractivity contribution in [3.05, 3.63) is 48.0 Å². The molecule has 0 radical (unpaired) electrons. The van der Waals surface area contributed by atoms with Crippen LogP contribution >= 0.6 is 0 Å². The van der Waals surface area contributed by atoms with E-state index in [1.807, 2.05) is 30.3 Å². The monoisotopic (exact) mass is 247 g/mol. The van der Waals surface area contributed by atoms with Crippen LogP contribution in [0.2, 0.25) is 0 Å². The van der Waals surface area contributed by atoms with Crippen LogP contribution in [-0.2, 0) is 20.7 Å². The maximum atomic E-state index is 11.6. The van der Waals surface area contributed by atoms with Gasteiger partial charge in [-0.1, -0.05) is 36.4 Å². The Kier molecular flexibility index (Phi) is 5.64. The average molecular weight is 247 g/mol. The second kappa shape index (κ2) is 7.27. The fourth-order valence-electron chi connectivity index (χ4n) is 1.56. The van der Waals surface area contributed by atoms with Gasteiger partial charge in [0, 0.05) is 6.42 Å². The van der Waals surface area contributed by atoms with E-state index in [0.29, 0.717) is 6.42 Å². The summed E-state index contributed by atoms with van der Waals surface area (Å²) in [4.78, 5) is 23.1. The average Bonchev–Trinajstić information content (AvgIpc) is 2.38. The standard InChI is InChI=1S/C14H17NO3/c1-3-7-13(16)15-12(14(17)18-2)10-11-8-5-4-6-9-11/h3-9,12H,10H2,1-2H3,(H,15,16)/b7-3-/t12-/m0/s1. The zero-order chi connectivity index (χ0) is 13.4. The minimum atomic E-state index is -0.666. The first-order valence-electron chi connectivity index (χ1n) is 5.72. The van der Waals surface area contributed by atoms with Crippen molar-refractivity contribution in [1.29, 1.82) is 0 Å². The lowest BCUT2D eigenvalue weighted by Gasteiger charge is -2.15. The normalized spacial score (nSPS) is 12.1. The number of allylic oxidation sites excluding steroid dienone is 1. The molecule has 0 spiro atoms. The van der Waals surface area contributed by atoms with Crippen molar-refractivity contribution < 1.29 is 14.3 Å². The van der Waals surface area contributed by atoms with Crippen LogP contribution in [0.1, 0.15) is 12.5 Å². The van der Waals surface area contributed by atoms with Gasteiger partial charge in [-0.2, -0.15) is 0 Å². The molecule has 0 heterocycles. The van der Waals surface area contributed by atoms with E-state index in [-0.39, 0.29) is 5.91 Å². The largest absolute Gasteiger partial charge is 0.467 e. The maximum Gasteiger partial charge on any atom is 0.328 e. The highest BCUT2D eigenvalue weighted by Crippen LogP contribution is 2.04. The molecule has 0 aromatic heterocycles. The molecule has 1 rings (SSSR count). The number of benzene rings is 1. The molecule has 0 aliphatic carbocycles. The minimum absolute atomic E-state index is 0.302. The van der Waals surface area contributed by atoms with Crippen LogP contribution in [0.25, 0.3) is 0 Å². The minimum Gasteiger partial charge on any atom is -0.467 e. The third-order valence-corrected chi connectivity index (χ3v) is 2.40. The number of hydrogen-bond donors (Lipinski definition) is 1. The number of rotatable bonds is 5. The van der Waals surface area contributed by atoms with Crippen LogP contribution in [0.3, 0.4) is 0 Å². The summed E-state index contributed by atoms with van der Waals surface area (Å²) in [6, 6.07) is 8.81. The molecule has 4 nitrogen and oxygen atoms in total. The topological polar surface area (TPSA) is 55.4 Å². The molecule has 0 saturated heterocycles. The summed E-state index contributed by atoms with van der Waals surface area (Å²) >= 11 is 0. The fraction of sp³-hybridized carbons (Fsp3) is 0.286. The Bertz CT molecular complexity index is 426. The first-order chi connectivity index (χ1) is 8.67. The first-order valence-corrected chi connectivity index (χ1v) is 5.72. The number of ether oxygens (including phenoxy) is 1. The van der Waals surface area contributed by atoms with Gasteiger partial charge in [0.15, 0.2) is 0 Å². The predicted octanol–water partition coefficient (Wildman–Crippen LogP) is 1.46. The van der Waals surface area contributed by atoms with Crippen LogP contribution in [-0.4, -0.2) is 25.0 Å². The zero-order valence-electron chi connectivity index (χ0n) is 10.6. The van der Waals surface area contributed by atoms with E-state index in [2.05, 4.69) is 10.1 Å². The Hall–Kier alpha value is -2.10. The molecule has 0 aliphatic heterocycles. The van der Waals surface area contributed by atoms with E-state index >= 15 is 0 Å². The zero-order valence-corrected chi connectivity index (χ0v) is 10.6. The Labute approximate surface area is 107 Å². The van der Waals surface area contributed by atoms with E-state index in [9.17, 15) is 9.59 Å². The first kappa shape index (κ1) is 14.0. The lowest BCUT2D eigenvalue weighted by molar-refractivity contribution is -0.144. The number of amides is 1. The van der Waals surface area contributed by atoms with Crippen LogP contribution in [0.15, 0.2) is 42.5 Å². The molecule has 1 aromatic rings. The maximum absolute atomic E-state index is 11.6. The van der Waals surface area contributed by atoms with Gasteiger partial charge >= 0.3 is 5.97 Å². The van der Waals surface area contributed by atoms with Crippen LogP contribution in [0.5, 0.6) is 0 Å². The predicted molar refractivity (Wildman–Crippen MR) is 68.9 cm³/mol. The number of hydrogen-bond acceptors (Lipinski definition) is 3. The number of carbonyl (C=O) groups is 2. The summed E-state index contributed by atoms with van der Waals surface area (Å²) in [5.74, 6) is -0.750. The van der Waals surface area contributed by atoms with Gasteiger partial charge in [0.1, 0.15) is 6.04 Å². The third kappa shape index (κ3) is 4.41. The quantitative estimate of drug-likeness (QED) is 0.633. The number of nitrogens with one attached hydrogen (secondary N) is 1. The Morgan fingerprint density at radius 2 is 2.00 bits per heavy atom. The second-order valence-electron chi connectivity index (χ2n) is 3.77. The number of methoxy groups -OCH3 is 1. The highest BCUT2D eigenvalue weighted by molar-refractivity contribution is 5.91. The fourth-order valence-corrected chi connectivity index (χ4v) is 1.56. The van der Waals surface area contributed by atoms with Gasteiger partial charge in [-0.05, 0) is 18.6 Å². The second-order valence-corrected chi connectivity index (χ2v) is 3.77. The van der Waals surface area contributed by atoms with Crippen molar-refractivity contribution in [2.24, 2.45) is 0 Å². The molecular formula is C14H17NO3. The molecule has 0 saturated carbocycles. The Morgan fingerprint density at radius 3 is 2.56 bits per heavy atom. The summed E-state index contributed by atoms with van der Waals surface area (Å²) < 4.78 is 4.69. The summed E-state index contributed by atoms with van der Waals surface area (Å²) in [6.07, 6.45) is 3.41. The molecular weight excluding hydrogens is 230 g/mol. The summed E-state index contributed by atoms with van der Waals surface area (Å²) in [5.41, 5.74) is 0.966. The molecule has 1 N–H and O–H groups in total. The van der Waals surface area contributed by atoms with E-state index in [0.717, 1.165) is 5.56 Å². The van der Waals surface area contributed by atoms with Crippen molar-refractivity contribution in [3.8, 4) is 0 Å². The van der Waals surface area contributed by atoms with Crippen molar-refractivity contribution in [2.75, 3.05) is 7.11 Å². The van der Waals surface area contributed by atoms with E-state index in [4.69, 9.17) is 0 Å². The molecule has 0 aliphatic rings. The van der Waals surface area contributed by atoms with E-state index in [1.54, 1.807) is 13.0 Å². The molecule has 18 heavy (non-hydrogen) atoms. The van der Waals surface area contributed by atoms with Gasteiger partial charge in [-0.15, -0.1) is 0 Å². The van der Waals surface area contributed by atoms with Crippen molar-refractivity contribution in [2.45, 2.75) is 19.4 Å². The van der Waals surface area contributed by atoms with Gasteiger partial charge in [0.2, 0.25) is 5.91 Å². The molecule has 4 heteroatoms. The highest BCUT2D eigenvalue weighted by atomic mass is 16.5. The van der Waals surface area contributed by atoms with Gasteiger partial charge in [0.05, 0.1) is 7.11 Å². The lowest BCUT2D eigenvalue weighted by atomic mass is 10.1. The van der Waals surface area contributed by atoms with Gasteiger partial charge < -0.3 is 10.1 Å².